The Morgan fingerprint density at radius 2 is 1.69 bits per heavy atom. The maximum Gasteiger partial charge on any atom is 0.435 e. The number of imidazole rings is 1. The first-order chi connectivity index (χ1) is 26.4. The largest absolute Gasteiger partial charge is 0.488 e. The standard InChI is InChI=1S/C33H36ClF3N10O5.CH2O2/c1-44-26(24-19-47(43-27(24)33(35,36)37)32-40-16-22(17-41-32)52-14-13-51-2)18-39-28(44)29(48)42-21-3-4-23(25(34)15-21)31(50)46-11-9-45(10-12-46)30(49)20-5-7-38-8-6-20;2-1-3/h3-4,15-20,38H,5-14H2,1-2H3,(H,42,48);1H,(H,2,3). The summed E-state index contributed by atoms with van der Waals surface area (Å²) in [4.78, 5) is 63.5. The summed E-state index contributed by atoms with van der Waals surface area (Å²) in [7, 11) is 2.91. The molecular weight excluding hydrogens is 753 g/mol. The normalized spacial score (nSPS) is 14.9. The average Bonchev–Trinajstić information content (AvgIpc) is 3.80. The molecule has 17 nitrogen and oxygen atoms in total. The van der Waals surface area contributed by atoms with Gasteiger partial charge in [0, 0.05) is 58.1 Å². The highest BCUT2D eigenvalue weighted by molar-refractivity contribution is 6.34. The van der Waals surface area contributed by atoms with Gasteiger partial charge in [-0.2, -0.15) is 18.3 Å². The van der Waals surface area contributed by atoms with Crippen LogP contribution in [0.25, 0.3) is 17.2 Å². The lowest BCUT2D eigenvalue weighted by Gasteiger charge is -2.37. The van der Waals surface area contributed by atoms with Crippen LogP contribution < -0.4 is 15.4 Å². The fourth-order valence-corrected chi connectivity index (χ4v) is 6.33. The lowest BCUT2D eigenvalue weighted by molar-refractivity contribution is -0.141. The van der Waals surface area contributed by atoms with Crippen molar-refractivity contribution in [3.63, 3.8) is 0 Å². The molecule has 0 aliphatic carbocycles. The Hall–Kier alpha value is -5.60. The molecule has 0 unspecified atom stereocenters. The number of carbonyl (C=O) groups is 4. The number of piperazine rings is 1. The van der Waals surface area contributed by atoms with Crippen LogP contribution in [0.15, 0.2) is 43.0 Å². The number of halogens is 4. The van der Waals surface area contributed by atoms with E-state index in [-0.39, 0.29) is 70.1 Å². The van der Waals surface area contributed by atoms with Gasteiger partial charge in [-0.15, -0.1) is 0 Å². The van der Waals surface area contributed by atoms with E-state index in [2.05, 4.69) is 30.7 Å². The minimum Gasteiger partial charge on any atom is -0.488 e. The van der Waals surface area contributed by atoms with E-state index in [1.165, 1.54) is 49.3 Å². The number of carboxylic acid groups (broad SMARTS) is 1. The fourth-order valence-electron chi connectivity index (χ4n) is 6.07. The molecule has 2 aliphatic rings. The predicted molar refractivity (Wildman–Crippen MR) is 190 cm³/mol. The molecule has 5 heterocycles. The van der Waals surface area contributed by atoms with Gasteiger partial charge in [0.1, 0.15) is 6.61 Å². The number of nitrogens with one attached hydrogen (secondary N) is 2. The molecule has 1 aromatic carbocycles. The van der Waals surface area contributed by atoms with Crippen LogP contribution in [-0.2, 0) is 27.5 Å². The second-order valence-electron chi connectivity index (χ2n) is 12.3. The summed E-state index contributed by atoms with van der Waals surface area (Å²) in [5, 5.41) is 16.6. The maximum absolute atomic E-state index is 14.1. The van der Waals surface area contributed by atoms with Gasteiger partial charge < -0.3 is 39.6 Å². The van der Waals surface area contributed by atoms with Gasteiger partial charge in [-0.1, -0.05) is 11.6 Å². The van der Waals surface area contributed by atoms with Gasteiger partial charge in [-0.25, -0.2) is 19.6 Å². The summed E-state index contributed by atoms with van der Waals surface area (Å²) in [6.45, 7) is 3.55. The molecule has 0 bridgehead atoms. The molecule has 0 radical (unpaired) electrons. The number of benzene rings is 1. The summed E-state index contributed by atoms with van der Waals surface area (Å²) in [5.74, 6) is -0.938. The molecule has 2 fully saturated rings. The number of aromatic nitrogens is 6. The highest BCUT2D eigenvalue weighted by atomic mass is 35.5. The molecule has 0 saturated carbocycles. The van der Waals surface area contributed by atoms with Crippen LogP contribution >= 0.6 is 11.6 Å². The summed E-state index contributed by atoms with van der Waals surface area (Å²) in [6, 6.07) is 4.39. The number of ether oxygens (including phenoxy) is 2. The lowest BCUT2D eigenvalue weighted by Crippen LogP contribution is -2.52. The summed E-state index contributed by atoms with van der Waals surface area (Å²) >= 11 is 6.49. The minimum atomic E-state index is -4.86. The number of piperidine rings is 1. The summed E-state index contributed by atoms with van der Waals surface area (Å²) in [6.07, 6.45) is 1.59. The van der Waals surface area contributed by atoms with Crippen LogP contribution in [-0.4, -0.2) is 128 Å². The Labute approximate surface area is 317 Å². The van der Waals surface area contributed by atoms with Crippen molar-refractivity contribution in [2.75, 3.05) is 64.9 Å². The van der Waals surface area contributed by atoms with E-state index in [4.69, 9.17) is 31.0 Å². The van der Waals surface area contributed by atoms with Crippen molar-refractivity contribution in [1.82, 2.24) is 44.4 Å². The number of alkyl halides is 3. The van der Waals surface area contributed by atoms with Crippen LogP contribution in [0.4, 0.5) is 18.9 Å². The Bertz CT molecular complexity index is 1980. The Kier molecular flexibility index (Phi) is 13.4. The lowest BCUT2D eigenvalue weighted by atomic mass is 9.96. The van der Waals surface area contributed by atoms with Gasteiger partial charge in [-0.05, 0) is 44.1 Å². The quantitative estimate of drug-likeness (QED) is 0.157. The van der Waals surface area contributed by atoms with E-state index in [0.717, 1.165) is 43.0 Å². The Balaban J connectivity index is 0.00000187. The molecule has 4 aromatic rings. The molecular formula is C34H38ClF3N10O7. The topological polar surface area (TPSA) is 199 Å². The van der Waals surface area contributed by atoms with Crippen molar-refractivity contribution < 1.29 is 46.9 Å². The Morgan fingerprint density at radius 1 is 1.04 bits per heavy atom. The van der Waals surface area contributed by atoms with Crippen molar-refractivity contribution >= 4 is 41.5 Å². The first kappa shape index (κ1) is 40.6. The predicted octanol–water partition coefficient (Wildman–Crippen LogP) is 3.00. The zero-order chi connectivity index (χ0) is 39.7. The first-order valence-electron chi connectivity index (χ1n) is 17.0. The number of amides is 3. The van der Waals surface area contributed by atoms with E-state index in [0.29, 0.717) is 38.5 Å². The van der Waals surface area contributed by atoms with Crippen LogP contribution in [0.2, 0.25) is 5.02 Å². The second kappa shape index (κ2) is 18.2. The van der Waals surface area contributed by atoms with E-state index >= 15 is 0 Å². The number of carbonyl (C=O) groups excluding carboxylic acids is 3. The second-order valence-corrected chi connectivity index (χ2v) is 12.7. The van der Waals surface area contributed by atoms with E-state index in [1.807, 2.05) is 4.90 Å². The smallest absolute Gasteiger partial charge is 0.435 e. The van der Waals surface area contributed by atoms with Crippen molar-refractivity contribution in [1.29, 1.82) is 0 Å². The van der Waals surface area contributed by atoms with E-state index in [1.54, 1.807) is 4.90 Å². The van der Waals surface area contributed by atoms with Gasteiger partial charge in [-0.3, -0.25) is 19.2 Å². The molecule has 6 rings (SSSR count). The molecule has 2 aliphatic heterocycles. The number of anilines is 1. The number of hydrogen-bond donors (Lipinski definition) is 3. The van der Waals surface area contributed by atoms with Gasteiger partial charge in [0.25, 0.3) is 24.2 Å². The molecule has 2 saturated heterocycles. The van der Waals surface area contributed by atoms with E-state index < -0.39 is 17.8 Å². The van der Waals surface area contributed by atoms with Crippen molar-refractivity contribution in [3.8, 4) is 23.0 Å². The van der Waals surface area contributed by atoms with E-state index in [9.17, 15) is 27.6 Å². The zero-order valence-corrected chi connectivity index (χ0v) is 30.5. The maximum atomic E-state index is 14.1. The molecule has 3 amide bonds. The average molecular weight is 791 g/mol. The van der Waals surface area contributed by atoms with Gasteiger partial charge in [0.15, 0.2) is 17.3 Å². The monoisotopic (exact) mass is 790 g/mol. The highest BCUT2D eigenvalue weighted by Gasteiger charge is 2.39. The summed E-state index contributed by atoms with van der Waals surface area (Å²) in [5.41, 5.74) is -1.16. The van der Waals surface area contributed by atoms with Crippen molar-refractivity contribution in [2.24, 2.45) is 13.0 Å². The fraction of sp³-hybridized carbons (Fsp3) is 0.412. The van der Waals surface area contributed by atoms with Crippen LogP contribution in [0.5, 0.6) is 5.75 Å². The molecule has 0 atom stereocenters. The van der Waals surface area contributed by atoms with Crippen molar-refractivity contribution in [2.45, 2.75) is 19.0 Å². The van der Waals surface area contributed by atoms with Crippen LogP contribution in [0.1, 0.15) is 39.5 Å². The Morgan fingerprint density at radius 3 is 2.31 bits per heavy atom. The molecule has 3 N–H and O–H groups in total. The molecule has 294 valence electrons. The molecule has 0 spiro atoms. The van der Waals surface area contributed by atoms with Crippen LogP contribution in [0.3, 0.4) is 0 Å². The molecule has 3 aromatic heterocycles. The first-order valence-corrected chi connectivity index (χ1v) is 17.3. The molecule has 55 heavy (non-hydrogen) atoms. The molecule has 21 heteroatoms. The minimum absolute atomic E-state index is 0.00565. The number of nitrogens with zero attached hydrogens (tertiary/aromatic N) is 8. The third-order valence-electron chi connectivity index (χ3n) is 8.85. The third-order valence-corrected chi connectivity index (χ3v) is 9.16. The number of rotatable bonds is 10. The van der Waals surface area contributed by atoms with Gasteiger partial charge >= 0.3 is 6.18 Å². The highest BCUT2D eigenvalue weighted by Crippen LogP contribution is 2.37. The summed E-state index contributed by atoms with van der Waals surface area (Å²) < 4.78 is 54.8. The zero-order valence-electron chi connectivity index (χ0n) is 29.8. The number of hydrogen-bond acceptors (Lipinski definition) is 11. The SMILES string of the molecule is COCCOc1cnc(-n2cc(-c3cnc(C(=O)Nc4ccc(C(=O)N5CCN(C(=O)C6CCNCC6)CC5)c(Cl)c4)n3C)c(C(F)(F)F)n2)nc1.O=CO. The van der Waals surface area contributed by atoms with Crippen molar-refractivity contribution in [3.05, 3.63) is 65.1 Å². The van der Waals surface area contributed by atoms with Gasteiger partial charge in [0.05, 0.1) is 47.0 Å². The number of methoxy groups -OCH3 is 1. The third kappa shape index (κ3) is 9.75. The van der Waals surface area contributed by atoms with Crippen LogP contribution in [0, 0.1) is 5.92 Å². The van der Waals surface area contributed by atoms with Gasteiger partial charge in [0.2, 0.25) is 5.91 Å².